The summed E-state index contributed by atoms with van der Waals surface area (Å²) in [5, 5.41) is 8.34. The Morgan fingerprint density at radius 2 is 2.00 bits per heavy atom. The first-order valence-corrected chi connectivity index (χ1v) is 2.66. The van der Waals surface area contributed by atoms with Crippen molar-refractivity contribution in [2.24, 2.45) is 11.5 Å². The fourth-order valence-electron chi connectivity index (χ4n) is 0.337. The van der Waals surface area contributed by atoms with Crippen molar-refractivity contribution in [3.63, 3.8) is 0 Å². The lowest BCUT2D eigenvalue weighted by atomic mass is 10.2. The summed E-state index contributed by atoms with van der Waals surface area (Å²) in [4.78, 5) is 0. The molecule has 52 valence electrons. The maximum atomic E-state index is 8.34. The van der Waals surface area contributed by atoms with Crippen molar-refractivity contribution in [3.05, 3.63) is 36.2 Å². The predicted molar refractivity (Wildman–Crippen MR) is 40.4 cm³/mol. The van der Waals surface area contributed by atoms with Gasteiger partial charge in [0.15, 0.2) is 0 Å². The quantitative estimate of drug-likeness (QED) is 0.424. The van der Waals surface area contributed by atoms with E-state index in [1.54, 1.807) is 0 Å². The third kappa shape index (κ3) is 3.33. The number of hydrogen-bond acceptors (Lipinski definition) is 3. The zero-order valence-electron chi connectivity index (χ0n) is 5.54. The molecule has 0 saturated carbocycles. The normalized spacial score (nSPS) is 9.70. The van der Waals surface area contributed by atoms with E-state index in [1.807, 2.05) is 6.07 Å². The van der Waals surface area contributed by atoms with Crippen LogP contribution in [0.25, 0.3) is 0 Å². The molecule has 0 aromatic carbocycles. The van der Waals surface area contributed by atoms with Gasteiger partial charge >= 0.3 is 0 Å². The zero-order chi connectivity index (χ0) is 7.98. The van der Waals surface area contributed by atoms with Crippen LogP contribution in [0.1, 0.15) is 0 Å². The molecule has 0 amide bonds. The van der Waals surface area contributed by atoms with Crippen molar-refractivity contribution < 1.29 is 0 Å². The fourth-order valence-corrected chi connectivity index (χ4v) is 0.337. The molecule has 0 aliphatic heterocycles. The molecule has 0 saturated heterocycles. The van der Waals surface area contributed by atoms with Gasteiger partial charge in [-0.1, -0.05) is 12.7 Å². The third-order valence-electron chi connectivity index (χ3n) is 0.804. The van der Waals surface area contributed by atoms with Crippen LogP contribution in [0.15, 0.2) is 36.2 Å². The fraction of sp³-hybridized carbons (Fsp3) is 0. The van der Waals surface area contributed by atoms with E-state index < -0.39 is 0 Å². The molecule has 0 aliphatic carbocycles. The molecule has 0 atom stereocenters. The Morgan fingerprint density at radius 1 is 1.40 bits per heavy atom. The van der Waals surface area contributed by atoms with Gasteiger partial charge in [0.25, 0.3) is 0 Å². The van der Waals surface area contributed by atoms with Crippen LogP contribution in [0.3, 0.4) is 0 Å². The summed E-state index contributed by atoms with van der Waals surface area (Å²) in [6, 6.07) is 1.89. The Morgan fingerprint density at radius 3 is 2.30 bits per heavy atom. The second-order valence-electron chi connectivity index (χ2n) is 1.60. The minimum absolute atomic E-state index is 0.176. The number of nitriles is 1. The highest BCUT2D eigenvalue weighted by molar-refractivity contribution is 5.34. The van der Waals surface area contributed by atoms with E-state index in [0.717, 1.165) is 0 Å². The molecule has 3 nitrogen and oxygen atoms in total. The van der Waals surface area contributed by atoms with Gasteiger partial charge in [0, 0.05) is 0 Å². The smallest absolute Gasteiger partial charge is 0.0991 e. The van der Waals surface area contributed by atoms with E-state index in [2.05, 4.69) is 6.58 Å². The summed E-state index contributed by atoms with van der Waals surface area (Å²) >= 11 is 0. The highest BCUT2D eigenvalue weighted by Crippen LogP contribution is 1.92. The Bertz CT molecular complexity index is 213. The van der Waals surface area contributed by atoms with Crippen LogP contribution in [0.2, 0.25) is 0 Å². The average molecular weight is 135 g/mol. The molecule has 0 radical (unpaired) electrons. The Kier molecular flexibility index (Phi) is 3.50. The van der Waals surface area contributed by atoms with E-state index >= 15 is 0 Å². The zero-order valence-corrected chi connectivity index (χ0v) is 5.54. The van der Waals surface area contributed by atoms with Gasteiger partial charge in [0.05, 0.1) is 17.5 Å². The van der Waals surface area contributed by atoms with E-state index in [0.29, 0.717) is 5.57 Å². The van der Waals surface area contributed by atoms with Crippen molar-refractivity contribution >= 4 is 0 Å². The maximum absolute atomic E-state index is 8.34. The van der Waals surface area contributed by atoms with Crippen molar-refractivity contribution in [1.29, 1.82) is 5.26 Å². The number of nitrogens with zero attached hydrogens (tertiary/aromatic N) is 1. The molecule has 3 heteroatoms. The molecule has 0 aliphatic rings. The first-order chi connectivity index (χ1) is 4.70. The van der Waals surface area contributed by atoms with Crippen LogP contribution in [-0.2, 0) is 0 Å². The minimum Gasteiger partial charge on any atom is -0.386 e. The lowest BCUT2D eigenvalue weighted by molar-refractivity contribution is 1.25. The molecular weight excluding hydrogens is 126 g/mol. The number of nitrogens with two attached hydrogens (primary N) is 2. The van der Waals surface area contributed by atoms with E-state index in [1.165, 1.54) is 18.2 Å². The molecule has 10 heavy (non-hydrogen) atoms. The SMILES string of the molecule is C=C/C(C#N)=C\C=C(N)N. The van der Waals surface area contributed by atoms with Gasteiger partial charge in [0.1, 0.15) is 0 Å². The second kappa shape index (κ2) is 4.21. The van der Waals surface area contributed by atoms with Crippen molar-refractivity contribution in [2.75, 3.05) is 0 Å². The summed E-state index contributed by atoms with van der Waals surface area (Å²) in [6.07, 6.45) is 4.38. The van der Waals surface area contributed by atoms with E-state index in [4.69, 9.17) is 16.7 Å². The van der Waals surface area contributed by atoms with Gasteiger partial charge in [-0.2, -0.15) is 5.26 Å². The second-order valence-corrected chi connectivity index (χ2v) is 1.60. The molecule has 0 rings (SSSR count). The van der Waals surface area contributed by atoms with Crippen molar-refractivity contribution in [3.8, 4) is 6.07 Å². The predicted octanol–water partition coefficient (Wildman–Crippen LogP) is 0.381. The largest absolute Gasteiger partial charge is 0.386 e. The van der Waals surface area contributed by atoms with E-state index in [-0.39, 0.29) is 5.82 Å². The van der Waals surface area contributed by atoms with Gasteiger partial charge in [-0.05, 0) is 12.2 Å². The lowest BCUT2D eigenvalue weighted by Gasteiger charge is -1.85. The molecule has 0 fully saturated rings. The number of rotatable bonds is 2. The number of hydrogen-bond donors (Lipinski definition) is 2. The standard InChI is InChI=1S/C7H9N3/c1-2-6(5-8)3-4-7(9)10/h2-4H,1,9-10H2/b6-3+. The van der Waals surface area contributed by atoms with Gasteiger partial charge in [-0.15, -0.1) is 0 Å². The summed E-state index contributed by atoms with van der Waals surface area (Å²) in [6.45, 7) is 3.41. The Labute approximate surface area is 59.9 Å². The van der Waals surface area contributed by atoms with Gasteiger partial charge in [0.2, 0.25) is 0 Å². The first kappa shape index (κ1) is 8.31. The maximum Gasteiger partial charge on any atom is 0.0991 e. The van der Waals surface area contributed by atoms with Crippen LogP contribution in [-0.4, -0.2) is 0 Å². The first-order valence-electron chi connectivity index (χ1n) is 2.66. The topological polar surface area (TPSA) is 75.8 Å². The summed E-state index contributed by atoms with van der Waals surface area (Å²) in [7, 11) is 0. The molecule has 0 bridgehead atoms. The summed E-state index contributed by atoms with van der Waals surface area (Å²) in [5.74, 6) is 0.176. The number of allylic oxidation sites excluding steroid dienone is 4. The molecule has 0 spiro atoms. The Hall–Kier alpha value is -1.69. The highest BCUT2D eigenvalue weighted by Gasteiger charge is 1.82. The molecule has 0 unspecified atom stereocenters. The van der Waals surface area contributed by atoms with Gasteiger partial charge in [-0.3, -0.25) is 0 Å². The van der Waals surface area contributed by atoms with Crippen LogP contribution in [0.5, 0.6) is 0 Å². The lowest BCUT2D eigenvalue weighted by Crippen LogP contribution is -2.06. The van der Waals surface area contributed by atoms with Gasteiger partial charge in [-0.25, -0.2) is 0 Å². The highest BCUT2D eigenvalue weighted by atomic mass is 14.8. The van der Waals surface area contributed by atoms with Gasteiger partial charge < -0.3 is 11.5 Å². The van der Waals surface area contributed by atoms with Crippen molar-refractivity contribution in [1.82, 2.24) is 0 Å². The van der Waals surface area contributed by atoms with Crippen molar-refractivity contribution in [2.45, 2.75) is 0 Å². The van der Waals surface area contributed by atoms with Crippen LogP contribution in [0, 0.1) is 11.3 Å². The monoisotopic (exact) mass is 135 g/mol. The molecule has 4 N–H and O–H groups in total. The van der Waals surface area contributed by atoms with E-state index in [9.17, 15) is 0 Å². The Balaban J connectivity index is 4.31. The summed E-state index contributed by atoms with van der Waals surface area (Å²) in [5.41, 5.74) is 10.6. The minimum atomic E-state index is 0.176. The average Bonchev–Trinajstić information content (AvgIpc) is 1.90. The summed E-state index contributed by atoms with van der Waals surface area (Å²) < 4.78 is 0. The third-order valence-corrected chi connectivity index (χ3v) is 0.804. The molecular formula is C7H9N3. The van der Waals surface area contributed by atoms with Crippen LogP contribution >= 0.6 is 0 Å². The molecule has 0 aromatic heterocycles. The molecule has 0 heterocycles. The van der Waals surface area contributed by atoms with Crippen LogP contribution in [0.4, 0.5) is 0 Å². The molecule has 0 aromatic rings. The van der Waals surface area contributed by atoms with Crippen LogP contribution < -0.4 is 11.5 Å².